The van der Waals surface area contributed by atoms with Gasteiger partial charge in [0.25, 0.3) is 5.91 Å². The number of benzene rings is 2. The maximum atomic E-state index is 12.4. The molecule has 1 N–H and O–H groups in total. The number of para-hydroxylation sites is 1. The number of anilines is 1. The van der Waals surface area contributed by atoms with Crippen LogP contribution in [0.2, 0.25) is 0 Å². The van der Waals surface area contributed by atoms with Gasteiger partial charge in [-0.15, -0.1) is 0 Å². The van der Waals surface area contributed by atoms with Crippen LogP contribution in [0.5, 0.6) is 11.5 Å². The first-order valence-corrected chi connectivity index (χ1v) is 7.14. The van der Waals surface area contributed by atoms with Crippen molar-refractivity contribution in [1.29, 1.82) is 0 Å². The summed E-state index contributed by atoms with van der Waals surface area (Å²) in [5, 5.41) is 2.89. The molecule has 0 aliphatic rings. The third-order valence-corrected chi connectivity index (χ3v) is 3.77. The highest BCUT2D eigenvalue weighted by molar-refractivity contribution is 9.10. The Labute approximate surface area is 132 Å². The molecule has 0 heterocycles. The number of ether oxygens (including phenoxy) is 2. The van der Waals surface area contributed by atoms with E-state index in [0.717, 1.165) is 11.3 Å². The lowest BCUT2D eigenvalue weighted by molar-refractivity contribution is 0.102. The molecule has 2 aromatic rings. The number of halogens is 1. The SMILES string of the molecule is COc1cc(Br)c(C(=O)Nc2ccccc2C)cc1OC. The first-order valence-electron chi connectivity index (χ1n) is 6.35. The molecule has 2 aromatic carbocycles. The molecule has 0 aliphatic carbocycles. The summed E-state index contributed by atoms with van der Waals surface area (Å²) >= 11 is 3.39. The summed E-state index contributed by atoms with van der Waals surface area (Å²) in [5.41, 5.74) is 2.27. The molecule has 0 aromatic heterocycles. The van der Waals surface area contributed by atoms with E-state index in [1.54, 1.807) is 19.2 Å². The van der Waals surface area contributed by atoms with Gasteiger partial charge in [0, 0.05) is 10.2 Å². The van der Waals surface area contributed by atoms with Gasteiger partial charge < -0.3 is 14.8 Å². The van der Waals surface area contributed by atoms with Gasteiger partial charge in [0.1, 0.15) is 0 Å². The zero-order valence-corrected chi connectivity index (χ0v) is 13.7. The monoisotopic (exact) mass is 349 g/mol. The standard InChI is InChI=1S/C16H16BrNO3/c1-10-6-4-5-7-13(10)18-16(19)11-8-14(20-2)15(21-3)9-12(11)17/h4-9H,1-3H3,(H,18,19). The van der Waals surface area contributed by atoms with Gasteiger partial charge in [-0.3, -0.25) is 4.79 Å². The van der Waals surface area contributed by atoms with Crippen LogP contribution >= 0.6 is 15.9 Å². The van der Waals surface area contributed by atoms with Crippen LogP contribution in [-0.2, 0) is 0 Å². The second-order valence-corrected chi connectivity index (χ2v) is 5.31. The summed E-state index contributed by atoms with van der Waals surface area (Å²) in [4.78, 5) is 12.4. The van der Waals surface area contributed by atoms with Crippen molar-refractivity contribution >= 4 is 27.5 Å². The highest BCUT2D eigenvalue weighted by Crippen LogP contribution is 2.33. The van der Waals surface area contributed by atoms with Crippen LogP contribution in [0.4, 0.5) is 5.69 Å². The van der Waals surface area contributed by atoms with E-state index in [0.29, 0.717) is 21.5 Å². The van der Waals surface area contributed by atoms with Gasteiger partial charge in [0.2, 0.25) is 0 Å². The van der Waals surface area contributed by atoms with Crippen LogP contribution in [0.25, 0.3) is 0 Å². The van der Waals surface area contributed by atoms with Crippen LogP contribution < -0.4 is 14.8 Å². The zero-order chi connectivity index (χ0) is 15.4. The summed E-state index contributed by atoms with van der Waals surface area (Å²) in [6.07, 6.45) is 0. The quantitative estimate of drug-likeness (QED) is 0.906. The first kappa shape index (κ1) is 15.4. The van der Waals surface area contributed by atoms with E-state index < -0.39 is 0 Å². The Hall–Kier alpha value is -2.01. The van der Waals surface area contributed by atoms with E-state index in [2.05, 4.69) is 21.2 Å². The van der Waals surface area contributed by atoms with Crippen molar-refractivity contribution in [1.82, 2.24) is 0 Å². The van der Waals surface area contributed by atoms with E-state index in [1.165, 1.54) is 7.11 Å². The van der Waals surface area contributed by atoms with Gasteiger partial charge in [0.15, 0.2) is 11.5 Å². The first-order chi connectivity index (χ1) is 10.1. The van der Waals surface area contributed by atoms with Crippen LogP contribution in [0.1, 0.15) is 15.9 Å². The Morgan fingerprint density at radius 2 is 1.71 bits per heavy atom. The molecule has 21 heavy (non-hydrogen) atoms. The molecule has 0 spiro atoms. The Bertz CT molecular complexity index is 671. The molecule has 0 fully saturated rings. The summed E-state index contributed by atoms with van der Waals surface area (Å²) in [6.45, 7) is 1.94. The smallest absolute Gasteiger partial charge is 0.256 e. The van der Waals surface area contributed by atoms with Gasteiger partial charge in [0.05, 0.1) is 19.8 Å². The molecule has 0 saturated heterocycles. The molecule has 0 atom stereocenters. The lowest BCUT2D eigenvalue weighted by Gasteiger charge is -2.13. The van der Waals surface area contributed by atoms with E-state index in [-0.39, 0.29) is 5.91 Å². The molecule has 0 radical (unpaired) electrons. The Kier molecular flexibility index (Phi) is 4.85. The molecule has 4 nitrogen and oxygen atoms in total. The molecule has 0 bridgehead atoms. The van der Waals surface area contributed by atoms with Crippen molar-refractivity contribution in [3.8, 4) is 11.5 Å². The van der Waals surface area contributed by atoms with Gasteiger partial charge >= 0.3 is 0 Å². The number of amides is 1. The maximum absolute atomic E-state index is 12.4. The lowest BCUT2D eigenvalue weighted by atomic mass is 10.1. The topological polar surface area (TPSA) is 47.6 Å². The predicted octanol–water partition coefficient (Wildman–Crippen LogP) is 4.03. The van der Waals surface area contributed by atoms with Crippen molar-refractivity contribution in [2.75, 3.05) is 19.5 Å². The highest BCUT2D eigenvalue weighted by atomic mass is 79.9. The van der Waals surface area contributed by atoms with E-state index in [1.807, 2.05) is 31.2 Å². The largest absolute Gasteiger partial charge is 0.493 e. The minimum absolute atomic E-state index is 0.211. The van der Waals surface area contributed by atoms with E-state index >= 15 is 0 Å². The van der Waals surface area contributed by atoms with Gasteiger partial charge in [-0.2, -0.15) is 0 Å². The van der Waals surface area contributed by atoms with Gasteiger partial charge in [-0.25, -0.2) is 0 Å². The van der Waals surface area contributed by atoms with Crippen LogP contribution in [0.15, 0.2) is 40.9 Å². The van der Waals surface area contributed by atoms with Crippen molar-refractivity contribution in [2.45, 2.75) is 6.92 Å². The van der Waals surface area contributed by atoms with E-state index in [9.17, 15) is 4.79 Å². The van der Waals surface area contributed by atoms with Crippen LogP contribution in [0, 0.1) is 6.92 Å². The van der Waals surface area contributed by atoms with Crippen molar-refractivity contribution in [3.05, 3.63) is 52.0 Å². The number of methoxy groups -OCH3 is 2. The fourth-order valence-corrected chi connectivity index (χ4v) is 2.43. The molecule has 110 valence electrons. The molecule has 1 amide bonds. The second kappa shape index (κ2) is 6.63. The number of carbonyl (C=O) groups is 1. The number of hydrogen-bond acceptors (Lipinski definition) is 3. The summed E-state index contributed by atoms with van der Waals surface area (Å²) in [6, 6.07) is 11.0. The molecular weight excluding hydrogens is 334 g/mol. The Morgan fingerprint density at radius 3 is 2.33 bits per heavy atom. The number of aryl methyl sites for hydroxylation is 1. The maximum Gasteiger partial charge on any atom is 0.256 e. The number of hydrogen-bond donors (Lipinski definition) is 1. The van der Waals surface area contributed by atoms with E-state index in [4.69, 9.17) is 9.47 Å². The molecule has 0 saturated carbocycles. The number of rotatable bonds is 4. The van der Waals surface area contributed by atoms with Gasteiger partial charge in [-0.1, -0.05) is 18.2 Å². The molecular formula is C16H16BrNO3. The minimum Gasteiger partial charge on any atom is -0.493 e. The van der Waals surface area contributed by atoms with Crippen molar-refractivity contribution in [3.63, 3.8) is 0 Å². The summed E-state index contributed by atoms with van der Waals surface area (Å²) in [5.74, 6) is 0.865. The van der Waals surface area contributed by atoms with Gasteiger partial charge in [-0.05, 0) is 46.6 Å². The predicted molar refractivity (Wildman–Crippen MR) is 86.4 cm³/mol. The molecule has 0 unspecified atom stereocenters. The molecule has 0 aliphatic heterocycles. The van der Waals surface area contributed by atoms with Crippen molar-refractivity contribution in [2.24, 2.45) is 0 Å². The second-order valence-electron chi connectivity index (χ2n) is 4.46. The molecule has 5 heteroatoms. The average Bonchev–Trinajstić information content (AvgIpc) is 2.49. The van der Waals surface area contributed by atoms with Crippen molar-refractivity contribution < 1.29 is 14.3 Å². The fraction of sp³-hybridized carbons (Fsp3) is 0.188. The lowest BCUT2D eigenvalue weighted by Crippen LogP contribution is -2.13. The zero-order valence-electron chi connectivity index (χ0n) is 12.1. The minimum atomic E-state index is -0.211. The fourth-order valence-electron chi connectivity index (χ4n) is 1.93. The summed E-state index contributed by atoms with van der Waals surface area (Å²) < 4.78 is 11.1. The number of carbonyl (C=O) groups excluding carboxylic acids is 1. The normalized spacial score (nSPS) is 10.1. The molecule has 2 rings (SSSR count). The van der Waals surface area contributed by atoms with Crippen LogP contribution in [-0.4, -0.2) is 20.1 Å². The summed E-state index contributed by atoms with van der Waals surface area (Å²) in [7, 11) is 3.09. The third kappa shape index (κ3) is 3.36. The third-order valence-electron chi connectivity index (χ3n) is 3.11. The Morgan fingerprint density at radius 1 is 1.10 bits per heavy atom. The van der Waals surface area contributed by atoms with Crippen LogP contribution in [0.3, 0.4) is 0 Å². The highest BCUT2D eigenvalue weighted by Gasteiger charge is 2.16. The average molecular weight is 350 g/mol. The Balaban J connectivity index is 2.33. The number of nitrogens with one attached hydrogen (secondary N) is 1.